The van der Waals surface area contributed by atoms with Crippen LogP contribution < -0.4 is 0 Å². The zero-order valence-corrected chi connectivity index (χ0v) is 15.4. The van der Waals surface area contributed by atoms with Crippen molar-refractivity contribution >= 4 is 10.1 Å². The Labute approximate surface area is 141 Å². The van der Waals surface area contributed by atoms with E-state index in [1.807, 2.05) is 0 Å². The van der Waals surface area contributed by atoms with Crippen LogP contribution in [0, 0.1) is 0 Å². The molecule has 23 heavy (non-hydrogen) atoms. The van der Waals surface area contributed by atoms with Crippen molar-refractivity contribution < 1.29 is 17.7 Å². The molecule has 0 aromatic carbocycles. The molecule has 138 valence electrons. The van der Waals surface area contributed by atoms with Gasteiger partial charge in [-0.25, -0.2) is 0 Å². The maximum atomic E-state index is 11.9. The lowest BCUT2D eigenvalue weighted by Crippen LogP contribution is -2.48. The Hall–Kier alpha value is -0.210. The molecule has 1 rings (SSSR count). The van der Waals surface area contributed by atoms with Crippen molar-refractivity contribution in [2.75, 3.05) is 58.2 Å². The summed E-state index contributed by atoms with van der Waals surface area (Å²) in [6, 6.07) is 0. The Kier molecular flexibility index (Phi) is 11.0. The highest BCUT2D eigenvalue weighted by Crippen LogP contribution is 2.07. The highest BCUT2D eigenvalue weighted by molar-refractivity contribution is 7.86. The summed E-state index contributed by atoms with van der Waals surface area (Å²) >= 11 is 0. The molecule has 0 amide bonds. The summed E-state index contributed by atoms with van der Waals surface area (Å²) in [5.41, 5.74) is 0. The molecule has 0 spiro atoms. The van der Waals surface area contributed by atoms with Gasteiger partial charge in [0.2, 0.25) is 0 Å². The van der Waals surface area contributed by atoms with Crippen LogP contribution in [0.15, 0.2) is 0 Å². The van der Waals surface area contributed by atoms with Gasteiger partial charge in [0.15, 0.2) is 0 Å². The van der Waals surface area contributed by atoms with Gasteiger partial charge >= 0.3 is 0 Å². The molecule has 1 heterocycles. The first kappa shape index (κ1) is 20.8. The molecule has 0 unspecified atom stereocenters. The predicted octanol–water partition coefficient (Wildman–Crippen LogP) is 1.30. The lowest BCUT2D eigenvalue weighted by atomic mass is 10.1. The number of hydrogen-bond acceptors (Lipinski definition) is 6. The van der Waals surface area contributed by atoms with Gasteiger partial charge < -0.3 is 5.11 Å². The molecule has 0 radical (unpaired) electrons. The van der Waals surface area contributed by atoms with E-state index >= 15 is 0 Å². The van der Waals surface area contributed by atoms with Gasteiger partial charge in [0, 0.05) is 39.3 Å². The molecular weight excluding hydrogens is 316 g/mol. The number of aliphatic hydroxyl groups is 1. The Morgan fingerprint density at radius 1 is 0.913 bits per heavy atom. The second-order valence-electron chi connectivity index (χ2n) is 6.26. The van der Waals surface area contributed by atoms with Crippen molar-refractivity contribution in [2.45, 2.75) is 45.4 Å². The molecule has 1 fully saturated rings. The van der Waals surface area contributed by atoms with E-state index in [2.05, 4.69) is 16.7 Å². The molecule has 7 heteroatoms. The lowest BCUT2D eigenvalue weighted by Gasteiger charge is -2.34. The third-order valence-corrected chi connectivity index (χ3v) is 5.51. The molecular formula is C16H34N2O4S. The summed E-state index contributed by atoms with van der Waals surface area (Å²) in [5.74, 6) is 0.0723. The number of β-amino-alcohol motifs (C(OH)–C–C–N with tert-alkyl or cyclic N) is 1. The van der Waals surface area contributed by atoms with Crippen molar-refractivity contribution in [1.29, 1.82) is 0 Å². The summed E-state index contributed by atoms with van der Waals surface area (Å²) in [7, 11) is -3.40. The highest BCUT2D eigenvalue weighted by atomic mass is 32.2. The van der Waals surface area contributed by atoms with Crippen molar-refractivity contribution in [1.82, 2.24) is 9.80 Å². The van der Waals surface area contributed by atoms with Crippen LogP contribution in [0.25, 0.3) is 0 Å². The van der Waals surface area contributed by atoms with Gasteiger partial charge in [0.1, 0.15) is 0 Å². The van der Waals surface area contributed by atoms with E-state index in [0.717, 1.165) is 45.4 Å². The zero-order valence-electron chi connectivity index (χ0n) is 14.6. The molecule has 1 N–H and O–H groups in total. The number of piperazine rings is 1. The molecule has 0 aromatic heterocycles. The van der Waals surface area contributed by atoms with Crippen molar-refractivity contribution in [2.24, 2.45) is 0 Å². The predicted molar refractivity (Wildman–Crippen MR) is 93.1 cm³/mol. The number of aliphatic hydroxyl groups excluding tert-OH is 1. The van der Waals surface area contributed by atoms with Gasteiger partial charge in [-0.3, -0.25) is 14.0 Å². The monoisotopic (exact) mass is 350 g/mol. The summed E-state index contributed by atoms with van der Waals surface area (Å²) < 4.78 is 28.9. The van der Waals surface area contributed by atoms with E-state index in [1.165, 1.54) is 19.3 Å². The summed E-state index contributed by atoms with van der Waals surface area (Å²) in [6.07, 6.45) is 6.73. The Morgan fingerprint density at radius 3 is 2.09 bits per heavy atom. The van der Waals surface area contributed by atoms with Gasteiger partial charge in [-0.2, -0.15) is 8.42 Å². The lowest BCUT2D eigenvalue weighted by molar-refractivity contribution is 0.116. The number of hydrogen-bond donors (Lipinski definition) is 1. The smallest absolute Gasteiger partial charge is 0.268 e. The van der Waals surface area contributed by atoms with Crippen LogP contribution >= 0.6 is 0 Å². The van der Waals surface area contributed by atoms with Crippen molar-refractivity contribution in [3.05, 3.63) is 0 Å². The molecule has 1 saturated heterocycles. The molecule has 1 aliphatic heterocycles. The fraction of sp³-hybridized carbons (Fsp3) is 1.00. The van der Waals surface area contributed by atoms with Crippen LogP contribution in [0.3, 0.4) is 0 Å². The van der Waals surface area contributed by atoms with Crippen LogP contribution in [0.4, 0.5) is 0 Å². The Balaban J connectivity index is 2.07. The van der Waals surface area contributed by atoms with Crippen LogP contribution in [-0.4, -0.2) is 81.6 Å². The maximum absolute atomic E-state index is 11.9. The highest BCUT2D eigenvalue weighted by Gasteiger charge is 2.19. The molecule has 0 aromatic rings. The third kappa shape index (κ3) is 10.3. The second-order valence-corrected chi connectivity index (χ2v) is 8.02. The number of rotatable bonds is 13. The molecule has 0 bridgehead atoms. The van der Waals surface area contributed by atoms with E-state index in [1.54, 1.807) is 0 Å². The molecule has 0 saturated carbocycles. The van der Waals surface area contributed by atoms with Crippen molar-refractivity contribution in [3.63, 3.8) is 0 Å². The molecule has 0 atom stereocenters. The average Bonchev–Trinajstić information content (AvgIpc) is 2.54. The maximum Gasteiger partial charge on any atom is 0.268 e. The van der Waals surface area contributed by atoms with E-state index in [-0.39, 0.29) is 12.4 Å². The van der Waals surface area contributed by atoms with Crippen LogP contribution in [-0.2, 0) is 14.3 Å². The second kappa shape index (κ2) is 12.2. The standard InChI is InChI=1S/C16H34N2O4S/c1-2-3-4-5-6-7-15-22-23(20,21)16-13-18-10-8-17(9-11-18)12-14-19/h19H,2-16H2,1H3. The number of unbranched alkanes of at least 4 members (excludes halogenated alkanes) is 5. The molecule has 0 aliphatic carbocycles. The van der Waals surface area contributed by atoms with E-state index in [0.29, 0.717) is 19.7 Å². The minimum absolute atomic E-state index is 0.0723. The van der Waals surface area contributed by atoms with Gasteiger partial charge in [0.05, 0.1) is 19.0 Å². The molecule has 1 aliphatic rings. The van der Waals surface area contributed by atoms with Gasteiger partial charge in [-0.05, 0) is 6.42 Å². The summed E-state index contributed by atoms with van der Waals surface area (Å²) in [4.78, 5) is 4.35. The average molecular weight is 351 g/mol. The minimum Gasteiger partial charge on any atom is -0.395 e. The van der Waals surface area contributed by atoms with Crippen LogP contribution in [0.2, 0.25) is 0 Å². The largest absolute Gasteiger partial charge is 0.395 e. The number of nitrogens with zero attached hydrogens (tertiary/aromatic N) is 2. The van der Waals surface area contributed by atoms with Crippen LogP contribution in [0.5, 0.6) is 0 Å². The minimum atomic E-state index is -3.40. The summed E-state index contributed by atoms with van der Waals surface area (Å²) in [6.45, 7) is 7.40. The normalized spacial score (nSPS) is 17.7. The van der Waals surface area contributed by atoms with E-state index < -0.39 is 10.1 Å². The quantitative estimate of drug-likeness (QED) is 0.399. The first-order chi connectivity index (χ1) is 11.1. The zero-order chi connectivity index (χ0) is 17.0. The van der Waals surface area contributed by atoms with Crippen LogP contribution in [0.1, 0.15) is 45.4 Å². The SMILES string of the molecule is CCCCCCCCOS(=O)(=O)CCN1CCN(CCO)CC1. The first-order valence-corrected chi connectivity index (χ1v) is 10.6. The van der Waals surface area contributed by atoms with E-state index in [9.17, 15) is 8.42 Å². The van der Waals surface area contributed by atoms with Gasteiger partial charge in [-0.15, -0.1) is 0 Å². The fourth-order valence-electron chi connectivity index (χ4n) is 2.75. The summed E-state index contributed by atoms with van der Waals surface area (Å²) in [5, 5.41) is 8.91. The van der Waals surface area contributed by atoms with Crippen molar-refractivity contribution in [3.8, 4) is 0 Å². The molecule has 6 nitrogen and oxygen atoms in total. The van der Waals surface area contributed by atoms with Gasteiger partial charge in [-0.1, -0.05) is 39.0 Å². The van der Waals surface area contributed by atoms with Gasteiger partial charge in [0.25, 0.3) is 10.1 Å². The fourth-order valence-corrected chi connectivity index (χ4v) is 3.72. The van der Waals surface area contributed by atoms with E-state index in [4.69, 9.17) is 9.29 Å². The topological polar surface area (TPSA) is 70.1 Å². The first-order valence-electron chi connectivity index (χ1n) is 9.00. The Morgan fingerprint density at radius 2 is 1.48 bits per heavy atom. The third-order valence-electron chi connectivity index (χ3n) is 4.30. The Bertz CT molecular complexity index is 382.